The molecular weight excluding hydrogens is 395 g/mol. The molecule has 0 aromatic heterocycles. The van der Waals surface area contributed by atoms with Crippen LogP contribution in [0.3, 0.4) is 0 Å². The van der Waals surface area contributed by atoms with Crippen LogP contribution >= 0.6 is 37.2 Å². The fraction of sp³-hybridized carbons (Fsp3) is 0. The molecule has 0 fully saturated rings. The molecule has 0 aromatic rings. The summed E-state index contributed by atoms with van der Waals surface area (Å²) in [6.45, 7) is 0. The van der Waals surface area contributed by atoms with Gasteiger partial charge in [-0.15, -0.1) is 37.2 Å². The van der Waals surface area contributed by atoms with Crippen LogP contribution in [0, 0.1) is 81.7 Å². The fourth-order valence-corrected chi connectivity index (χ4v) is 0. The molecule has 0 heterocycles. The predicted octanol–water partition coefficient (Wildman–Crippen LogP) is 1.27. The quantitative estimate of drug-likeness (QED) is 0.577. The predicted molar refractivity (Wildman–Crippen MR) is 21.7 cm³/mol. The van der Waals surface area contributed by atoms with Crippen molar-refractivity contribution in [2.75, 3.05) is 0 Å². The molecule has 0 nitrogen and oxygen atoms in total. The Morgan fingerprint density at radius 2 is 0.400 bits per heavy atom. The average Bonchev–Trinajstić information content (AvgIpc) is 0. The van der Waals surface area contributed by atoms with Gasteiger partial charge in [-0.1, -0.05) is 0 Å². The van der Waals surface area contributed by atoms with E-state index in [4.69, 9.17) is 0 Å². The molecule has 0 bridgehead atoms. The molecule has 0 amide bonds. The molecule has 0 radical (unpaired) electrons. The van der Waals surface area contributed by atoms with Gasteiger partial charge in [0.15, 0.2) is 0 Å². The van der Waals surface area contributed by atoms with Gasteiger partial charge in [0.1, 0.15) is 0 Å². The Hall–Kier alpha value is 3.57. The van der Waals surface area contributed by atoms with Gasteiger partial charge >= 0.3 is 0 Å². The van der Waals surface area contributed by atoms with Crippen LogP contribution in [-0.4, -0.2) is 0 Å². The largest absolute Gasteiger partial charge is 0.147 e. The van der Waals surface area contributed by atoms with Gasteiger partial charge in [-0.2, -0.15) is 0 Å². The van der Waals surface area contributed by atoms with Gasteiger partial charge in [-0.3, -0.25) is 0 Å². The van der Waals surface area contributed by atoms with Crippen molar-refractivity contribution < 1.29 is 81.7 Å². The molecule has 5 heteroatoms. The summed E-state index contributed by atoms with van der Waals surface area (Å²) in [6, 6.07) is 0. The Bertz CT molecular complexity index is 4.85. The summed E-state index contributed by atoms with van der Waals surface area (Å²) in [4.78, 5) is 0. The van der Waals surface area contributed by atoms with Crippen molar-refractivity contribution in [2.45, 2.75) is 0 Å². The molecule has 0 aliphatic rings. The average molecular weight is 398 g/mol. The van der Waals surface area contributed by atoms with Crippen molar-refractivity contribution in [1.29, 1.82) is 0 Å². The summed E-state index contributed by atoms with van der Waals surface area (Å²) in [5.74, 6) is 0. The van der Waals surface area contributed by atoms with E-state index in [0.717, 1.165) is 0 Å². The Morgan fingerprint density at radius 3 is 0.400 bits per heavy atom. The first kappa shape index (κ1) is 38.5. The molecule has 0 spiro atoms. The van der Waals surface area contributed by atoms with Gasteiger partial charge < -0.3 is 0 Å². The van der Waals surface area contributed by atoms with E-state index in [2.05, 4.69) is 0 Å². The van der Waals surface area contributed by atoms with E-state index in [-0.39, 0.29) is 119 Å². The SMILES string of the molecule is Cl.Cl.Cl.[Nd].[Nd]. The van der Waals surface area contributed by atoms with E-state index in [1.54, 1.807) is 0 Å². The van der Waals surface area contributed by atoms with E-state index in [1.807, 2.05) is 0 Å². The number of hydrogen-bond donors (Lipinski definition) is 0. The van der Waals surface area contributed by atoms with Crippen molar-refractivity contribution in [3.8, 4) is 0 Å². The van der Waals surface area contributed by atoms with Gasteiger partial charge in [-0.05, 0) is 0 Å². The standard InChI is InChI=1S/3ClH.2Nd/h3*1H;;. The fourth-order valence-electron chi connectivity index (χ4n) is 0. The maximum atomic E-state index is 0. The molecule has 0 unspecified atom stereocenters. The zero-order valence-corrected chi connectivity index (χ0v) is 11.1. The molecule has 0 aromatic carbocycles. The molecule has 0 N–H and O–H groups in total. The molecule has 0 saturated heterocycles. The molecule has 32 valence electrons. The third kappa shape index (κ3) is 18.4. The second kappa shape index (κ2) is 25.6. The normalized spacial score (nSPS) is 0. The van der Waals surface area contributed by atoms with E-state index >= 15 is 0 Å². The van der Waals surface area contributed by atoms with Crippen molar-refractivity contribution in [3.63, 3.8) is 0 Å². The minimum absolute atomic E-state index is 0. The first-order valence-electron chi connectivity index (χ1n) is 0. The molecule has 0 atom stereocenters. The first-order valence-corrected chi connectivity index (χ1v) is 0. The third-order valence-corrected chi connectivity index (χ3v) is 0. The van der Waals surface area contributed by atoms with Crippen LogP contribution in [0.2, 0.25) is 0 Å². The zero-order chi connectivity index (χ0) is 0. The zero-order valence-electron chi connectivity index (χ0n) is 2.22. The van der Waals surface area contributed by atoms with Crippen molar-refractivity contribution in [1.82, 2.24) is 0 Å². The van der Waals surface area contributed by atoms with Crippen LogP contribution in [0.15, 0.2) is 0 Å². The van der Waals surface area contributed by atoms with E-state index in [1.165, 1.54) is 0 Å². The maximum Gasteiger partial charge on any atom is 0 e. The van der Waals surface area contributed by atoms with E-state index < -0.39 is 0 Å². The third-order valence-electron chi connectivity index (χ3n) is 0. The summed E-state index contributed by atoms with van der Waals surface area (Å²) in [5, 5.41) is 0. The molecular formula is H3Cl3Nd2. The monoisotopic (exact) mass is 392 g/mol. The van der Waals surface area contributed by atoms with Gasteiger partial charge in [-0.25, -0.2) is 0 Å². The van der Waals surface area contributed by atoms with Crippen molar-refractivity contribution in [2.24, 2.45) is 0 Å². The van der Waals surface area contributed by atoms with Gasteiger partial charge in [0, 0.05) is 81.7 Å². The Kier molecular flexibility index (Phi) is 198. The minimum Gasteiger partial charge on any atom is -0.147 e. The van der Waals surface area contributed by atoms with Crippen molar-refractivity contribution in [3.05, 3.63) is 0 Å². The van der Waals surface area contributed by atoms with Crippen LogP contribution in [0.25, 0.3) is 0 Å². The van der Waals surface area contributed by atoms with Crippen LogP contribution in [0.1, 0.15) is 0 Å². The first-order chi connectivity index (χ1) is 0. The Balaban J connectivity index is 0. The maximum absolute atomic E-state index is 0. The minimum atomic E-state index is 0. The summed E-state index contributed by atoms with van der Waals surface area (Å²) in [6.07, 6.45) is 0. The summed E-state index contributed by atoms with van der Waals surface area (Å²) in [7, 11) is 0. The molecule has 0 aliphatic heterocycles. The van der Waals surface area contributed by atoms with Gasteiger partial charge in [0.2, 0.25) is 0 Å². The van der Waals surface area contributed by atoms with E-state index in [0.29, 0.717) is 0 Å². The molecule has 0 rings (SSSR count). The number of hydrogen-bond acceptors (Lipinski definition) is 0. The molecule has 0 saturated carbocycles. The second-order valence-electron chi connectivity index (χ2n) is 0. The second-order valence-corrected chi connectivity index (χ2v) is 0. The van der Waals surface area contributed by atoms with Gasteiger partial charge in [0.25, 0.3) is 0 Å². The number of halogens is 3. The summed E-state index contributed by atoms with van der Waals surface area (Å²) < 4.78 is 0. The van der Waals surface area contributed by atoms with Crippen LogP contribution < -0.4 is 0 Å². The molecule has 0 aliphatic carbocycles. The van der Waals surface area contributed by atoms with E-state index in [9.17, 15) is 0 Å². The van der Waals surface area contributed by atoms with Gasteiger partial charge in [0.05, 0.1) is 0 Å². The van der Waals surface area contributed by atoms with Crippen LogP contribution in [0.4, 0.5) is 0 Å². The summed E-state index contributed by atoms with van der Waals surface area (Å²) in [5.41, 5.74) is 0. The topological polar surface area (TPSA) is 0 Å². The number of rotatable bonds is 0. The van der Waals surface area contributed by atoms with Crippen LogP contribution in [0.5, 0.6) is 0 Å². The molecule has 5 heavy (non-hydrogen) atoms. The van der Waals surface area contributed by atoms with Crippen LogP contribution in [-0.2, 0) is 0 Å². The summed E-state index contributed by atoms with van der Waals surface area (Å²) >= 11 is 0. The smallest absolute Gasteiger partial charge is 0 e. The Morgan fingerprint density at radius 1 is 0.400 bits per heavy atom. The Labute approximate surface area is 116 Å². The van der Waals surface area contributed by atoms with Crippen molar-refractivity contribution >= 4 is 37.2 Å².